The largest absolute Gasteiger partial charge is 0.463 e. The average molecular weight is 939 g/mol. The lowest BCUT2D eigenvalue weighted by atomic mass is 9.97. The molecule has 0 radical (unpaired) electrons. The molecule has 8 rings (SSSR count). The molecule has 0 aliphatic carbocycles. The summed E-state index contributed by atoms with van der Waals surface area (Å²) in [6.45, 7) is 2.66. The molecule has 0 amide bonds. The van der Waals surface area contributed by atoms with Crippen molar-refractivity contribution < 1.29 is 56.9 Å². The van der Waals surface area contributed by atoms with E-state index in [1.807, 2.05) is 182 Å². The molecule has 0 spiro atoms. The van der Waals surface area contributed by atoms with Crippen LogP contribution < -0.4 is 0 Å². The summed E-state index contributed by atoms with van der Waals surface area (Å²) in [5.41, 5.74) is 5.77. The van der Waals surface area contributed by atoms with Crippen molar-refractivity contribution in [2.45, 2.75) is 108 Å². The molecule has 6 aromatic rings. The van der Waals surface area contributed by atoms with E-state index in [9.17, 15) is 4.79 Å². The zero-order valence-electron chi connectivity index (χ0n) is 39.1. The van der Waals surface area contributed by atoms with Gasteiger partial charge in [-0.2, -0.15) is 0 Å². The van der Waals surface area contributed by atoms with Crippen LogP contribution in [0.15, 0.2) is 182 Å². The first-order valence-electron chi connectivity index (χ1n) is 23.5. The Morgan fingerprint density at radius 1 is 0.362 bits per heavy atom. The number of carbonyl (C=O) groups is 1. The van der Waals surface area contributed by atoms with Gasteiger partial charge >= 0.3 is 5.97 Å². The molecule has 0 N–H and O–H groups in total. The Kier molecular flexibility index (Phi) is 19.0. The second-order valence-electron chi connectivity index (χ2n) is 17.0. The van der Waals surface area contributed by atoms with Gasteiger partial charge in [-0.3, -0.25) is 4.79 Å². The fourth-order valence-corrected chi connectivity index (χ4v) is 8.47. The third kappa shape index (κ3) is 14.7. The van der Waals surface area contributed by atoms with Gasteiger partial charge in [0.2, 0.25) is 0 Å². The van der Waals surface area contributed by atoms with Crippen molar-refractivity contribution in [3.05, 3.63) is 215 Å². The van der Waals surface area contributed by atoms with E-state index in [1.54, 1.807) is 7.11 Å². The van der Waals surface area contributed by atoms with E-state index in [0.717, 1.165) is 33.4 Å². The summed E-state index contributed by atoms with van der Waals surface area (Å²) >= 11 is 0. The minimum Gasteiger partial charge on any atom is -0.463 e. The number of methoxy groups -OCH3 is 1. The lowest BCUT2D eigenvalue weighted by Gasteiger charge is -2.47. The fourth-order valence-electron chi connectivity index (χ4n) is 8.47. The monoisotopic (exact) mass is 938 g/mol. The first kappa shape index (κ1) is 49.8. The summed E-state index contributed by atoms with van der Waals surface area (Å²) in [6, 6.07) is 59.4. The fraction of sp³-hybridized carbons (Fsp3) is 0.351. The normalized spacial score (nSPS) is 24.7. The number of rotatable bonds is 24. The summed E-state index contributed by atoms with van der Waals surface area (Å²) in [4.78, 5) is 12.4. The molecule has 0 saturated carbocycles. The molecule has 0 unspecified atom stereocenters. The van der Waals surface area contributed by atoms with E-state index < -0.39 is 67.4 Å². The van der Waals surface area contributed by atoms with Gasteiger partial charge < -0.3 is 52.1 Å². The van der Waals surface area contributed by atoms with E-state index in [0.29, 0.717) is 0 Å². The molecule has 0 aromatic heterocycles. The number of ether oxygens (including phenoxy) is 11. The standard InChI is InChI=1S/C57H62O12/c1-41(58)60-39-48-50(61-33-42-21-9-3-10-22-42)53(64-36-45-27-15-6-16-28-45)55(66-38-47-31-19-8-20-32-47)57(69-48)67-40-49-51(62-34-43-23-11-4-12-24-43)52(63-35-44-25-13-5-14-26-44)54(56(59-2)68-49)65-37-46-29-17-7-18-30-46/h3-32,48-57H,33-40H2,1-2H3/t48-,49-,50-,51-,52+,53+,54-,55-,56-,57+/m1/s1. The molecule has 12 heteroatoms. The molecule has 2 aliphatic rings. The molecule has 2 fully saturated rings. The third-order valence-electron chi connectivity index (χ3n) is 12.0. The summed E-state index contributed by atoms with van der Waals surface area (Å²) in [7, 11) is 1.59. The smallest absolute Gasteiger partial charge is 0.302 e. The topological polar surface area (TPSA) is 119 Å². The van der Waals surface area contributed by atoms with Crippen LogP contribution in [0.1, 0.15) is 40.3 Å². The van der Waals surface area contributed by atoms with Crippen LogP contribution in [0.5, 0.6) is 0 Å². The van der Waals surface area contributed by atoms with Crippen molar-refractivity contribution in [1.82, 2.24) is 0 Å². The van der Waals surface area contributed by atoms with Crippen molar-refractivity contribution in [2.24, 2.45) is 0 Å². The molecule has 0 bridgehead atoms. The van der Waals surface area contributed by atoms with Crippen LogP contribution >= 0.6 is 0 Å². The Balaban J connectivity index is 1.13. The minimum atomic E-state index is -1.08. The highest BCUT2D eigenvalue weighted by molar-refractivity contribution is 5.65. The SMILES string of the molecule is CO[C@@H]1O[C@H](CO[C@H]2O[C@H](COC(C)=O)[C@@H](OCc3ccccc3)[C@H](OCc3ccccc3)[C@H]2OCc2ccccc2)[C@@H](OCc2ccccc2)[C@H](OCc2ccccc2)[C@H]1OCc1ccccc1. The summed E-state index contributed by atoms with van der Waals surface area (Å²) < 4.78 is 73.2. The molecule has 6 aromatic carbocycles. The molecule has 12 nitrogen and oxygen atoms in total. The predicted molar refractivity (Wildman–Crippen MR) is 257 cm³/mol. The van der Waals surface area contributed by atoms with Crippen LogP contribution in [0.4, 0.5) is 0 Å². The van der Waals surface area contributed by atoms with Gasteiger partial charge in [-0.25, -0.2) is 0 Å². The number of carbonyl (C=O) groups excluding carboxylic acids is 1. The van der Waals surface area contributed by atoms with Crippen LogP contribution in [0.25, 0.3) is 0 Å². The number of hydrogen-bond acceptors (Lipinski definition) is 12. The maximum absolute atomic E-state index is 12.4. The molecule has 2 saturated heterocycles. The number of hydrogen-bond donors (Lipinski definition) is 0. The maximum Gasteiger partial charge on any atom is 0.302 e. The molecule has 69 heavy (non-hydrogen) atoms. The van der Waals surface area contributed by atoms with E-state index in [1.165, 1.54) is 6.92 Å². The Hall–Kier alpha value is -5.61. The van der Waals surface area contributed by atoms with Gasteiger partial charge in [0.15, 0.2) is 12.6 Å². The zero-order chi connectivity index (χ0) is 47.5. The van der Waals surface area contributed by atoms with E-state index in [-0.39, 0.29) is 52.9 Å². The predicted octanol–water partition coefficient (Wildman–Crippen LogP) is 9.17. The summed E-state index contributed by atoms with van der Waals surface area (Å²) in [6.07, 6.45) is -8.13. The highest BCUT2D eigenvalue weighted by atomic mass is 16.8. The van der Waals surface area contributed by atoms with Gasteiger partial charge in [0.1, 0.15) is 55.4 Å². The van der Waals surface area contributed by atoms with Gasteiger partial charge in [0.25, 0.3) is 0 Å². The van der Waals surface area contributed by atoms with Crippen molar-refractivity contribution in [1.29, 1.82) is 0 Å². The van der Waals surface area contributed by atoms with Crippen LogP contribution in [-0.4, -0.2) is 87.7 Å². The third-order valence-corrected chi connectivity index (χ3v) is 12.0. The lowest BCUT2D eigenvalue weighted by molar-refractivity contribution is -0.350. The zero-order valence-corrected chi connectivity index (χ0v) is 39.1. The molecule has 10 atom stereocenters. The van der Waals surface area contributed by atoms with Crippen LogP contribution in [0.3, 0.4) is 0 Å². The lowest BCUT2D eigenvalue weighted by Crippen LogP contribution is -2.64. The van der Waals surface area contributed by atoms with E-state index in [4.69, 9.17) is 52.1 Å². The molecular formula is C57H62O12. The van der Waals surface area contributed by atoms with E-state index in [2.05, 4.69) is 0 Å². The van der Waals surface area contributed by atoms with Crippen LogP contribution in [-0.2, 0) is 96.5 Å². The molecular weight excluding hydrogens is 877 g/mol. The van der Waals surface area contributed by atoms with Crippen LogP contribution in [0.2, 0.25) is 0 Å². The number of benzene rings is 6. The van der Waals surface area contributed by atoms with Crippen molar-refractivity contribution in [3.8, 4) is 0 Å². The van der Waals surface area contributed by atoms with Crippen LogP contribution in [0, 0.1) is 0 Å². The molecule has 362 valence electrons. The molecule has 2 aliphatic heterocycles. The van der Waals surface area contributed by atoms with Crippen molar-refractivity contribution in [2.75, 3.05) is 20.3 Å². The summed E-state index contributed by atoms with van der Waals surface area (Å²) in [5, 5.41) is 0. The van der Waals surface area contributed by atoms with E-state index >= 15 is 0 Å². The van der Waals surface area contributed by atoms with Gasteiger partial charge in [-0.1, -0.05) is 182 Å². The Morgan fingerprint density at radius 2 is 0.638 bits per heavy atom. The van der Waals surface area contributed by atoms with Gasteiger partial charge in [-0.05, 0) is 33.4 Å². The van der Waals surface area contributed by atoms with Gasteiger partial charge in [-0.15, -0.1) is 0 Å². The Labute approximate surface area is 405 Å². The quantitative estimate of drug-likeness (QED) is 0.0539. The highest BCUT2D eigenvalue weighted by Gasteiger charge is 2.52. The Morgan fingerprint density at radius 3 is 0.957 bits per heavy atom. The van der Waals surface area contributed by atoms with Crippen molar-refractivity contribution >= 4 is 5.97 Å². The van der Waals surface area contributed by atoms with Gasteiger partial charge in [0.05, 0.1) is 46.2 Å². The number of esters is 1. The molecule has 2 heterocycles. The van der Waals surface area contributed by atoms with Gasteiger partial charge in [0, 0.05) is 14.0 Å². The maximum atomic E-state index is 12.4. The second kappa shape index (κ2) is 26.4. The minimum absolute atomic E-state index is 0.0625. The Bertz CT molecular complexity index is 2350. The first-order valence-corrected chi connectivity index (χ1v) is 23.5. The first-order chi connectivity index (χ1) is 34.0. The summed E-state index contributed by atoms with van der Waals surface area (Å²) in [5.74, 6) is -0.465. The second-order valence-corrected chi connectivity index (χ2v) is 17.0. The average Bonchev–Trinajstić information content (AvgIpc) is 3.40. The van der Waals surface area contributed by atoms with Crippen molar-refractivity contribution in [3.63, 3.8) is 0 Å². The highest BCUT2D eigenvalue weighted by Crippen LogP contribution is 2.35.